The third-order valence-corrected chi connectivity index (χ3v) is 9.40. The van der Waals surface area contributed by atoms with Crippen molar-refractivity contribution >= 4 is 41.3 Å². The average Bonchev–Trinajstić information content (AvgIpc) is 2.85. The Labute approximate surface area is 209 Å². The summed E-state index contributed by atoms with van der Waals surface area (Å²) in [5.41, 5.74) is 3.75. The first-order chi connectivity index (χ1) is 16.0. The zero-order valence-corrected chi connectivity index (χ0v) is 22.1. The number of aromatic nitrogens is 2. The van der Waals surface area contributed by atoms with Gasteiger partial charge in [-0.15, -0.1) is 35.3 Å². The third kappa shape index (κ3) is 6.62. The van der Waals surface area contributed by atoms with Gasteiger partial charge in [0, 0.05) is 35.1 Å². The molecule has 2 heterocycles. The summed E-state index contributed by atoms with van der Waals surface area (Å²) >= 11 is 5.40. The number of rotatable bonds is 9. The molecule has 0 atom stereocenters. The van der Waals surface area contributed by atoms with Crippen molar-refractivity contribution in [3.8, 4) is 17.6 Å². The molecule has 0 spiro atoms. The van der Waals surface area contributed by atoms with E-state index in [2.05, 4.69) is 52.7 Å². The van der Waals surface area contributed by atoms with Crippen LogP contribution in [0.1, 0.15) is 55.1 Å². The van der Waals surface area contributed by atoms with Crippen molar-refractivity contribution < 1.29 is 14.3 Å². The Hall–Kier alpha value is -1.82. The molecule has 0 bridgehead atoms. The maximum Gasteiger partial charge on any atom is 0.305 e. The Morgan fingerprint density at radius 2 is 1.97 bits per heavy atom. The number of hydrogen-bond donors (Lipinski definition) is 0. The van der Waals surface area contributed by atoms with Crippen LogP contribution in [0.25, 0.3) is 0 Å². The fourth-order valence-corrected chi connectivity index (χ4v) is 6.23. The molecule has 1 aliphatic rings. The summed E-state index contributed by atoms with van der Waals surface area (Å²) in [6.07, 6.45) is 13.7. The molecule has 0 radical (unpaired) electrons. The summed E-state index contributed by atoms with van der Waals surface area (Å²) in [6.45, 7) is 2.99. The van der Waals surface area contributed by atoms with Crippen LogP contribution in [-0.2, 0) is 20.0 Å². The molecule has 33 heavy (non-hydrogen) atoms. The zero-order chi connectivity index (χ0) is 23.7. The molecule has 0 amide bonds. The molecule has 176 valence electrons. The molecular formula is C25H30N2O3S3. The smallest absolute Gasteiger partial charge is 0.305 e. The molecule has 0 fully saturated rings. The van der Waals surface area contributed by atoms with E-state index >= 15 is 0 Å². The van der Waals surface area contributed by atoms with E-state index in [4.69, 9.17) is 9.47 Å². The predicted molar refractivity (Wildman–Crippen MR) is 139 cm³/mol. The summed E-state index contributed by atoms with van der Waals surface area (Å²) < 4.78 is 10.9. The van der Waals surface area contributed by atoms with Crippen LogP contribution in [-0.4, -0.2) is 47.9 Å². The van der Waals surface area contributed by atoms with Gasteiger partial charge in [0.25, 0.3) is 0 Å². The first-order valence-electron chi connectivity index (χ1n) is 11.0. The van der Waals surface area contributed by atoms with Gasteiger partial charge in [-0.25, -0.2) is 4.98 Å². The lowest BCUT2D eigenvalue weighted by Crippen LogP contribution is -2.26. The van der Waals surface area contributed by atoms with Crippen molar-refractivity contribution in [2.75, 3.05) is 32.0 Å². The number of fused-ring (bicyclic) bond motifs is 1. The van der Waals surface area contributed by atoms with E-state index in [0.717, 1.165) is 54.2 Å². The number of aryl methyl sites for hydroxylation is 1. The monoisotopic (exact) mass is 502 g/mol. The molecule has 5 nitrogen and oxygen atoms in total. The number of benzene rings is 1. The Morgan fingerprint density at radius 1 is 1.15 bits per heavy atom. The molecule has 3 rings (SSSR count). The zero-order valence-electron chi connectivity index (χ0n) is 19.6. The molecule has 1 aromatic heterocycles. The van der Waals surface area contributed by atoms with Crippen molar-refractivity contribution in [3.63, 3.8) is 0 Å². The second kappa shape index (κ2) is 12.6. The lowest BCUT2D eigenvalue weighted by atomic mass is 10.0. The van der Waals surface area contributed by atoms with Crippen LogP contribution in [0.2, 0.25) is 0 Å². The van der Waals surface area contributed by atoms with E-state index in [1.165, 1.54) is 5.56 Å². The quantitative estimate of drug-likeness (QED) is 0.146. The van der Waals surface area contributed by atoms with E-state index in [-0.39, 0.29) is 10.0 Å². The Bertz CT molecular complexity index is 1010. The molecule has 8 heteroatoms. The van der Waals surface area contributed by atoms with Gasteiger partial charge in [-0.2, -0.15) is 0 Å². The molecule has 0 aliphatic carbocycles. The minimum atomic E-state index is -0.139. The molecule has 1 aromatic carbocycles. The van der Waals surface area contributed by atoms with Gasteiger partial charge in [-0.05, 0) is 63.0 Å². The number of esters is 1. The highest BCUT2D eigenvalue weighted by Gasteiger charge is 2.37. The van der Waals surface area contributed by atoms with Crippen molar-refractivity contribution in [1.82, 2.24) is 9.97 Å². The Balaban J connectivity index is 1.71. The first-order valence-corrected chi connectivity index (χ1v) is 14.7. The summed E-state index contributed by atoms with van der Waals surface area (Å²) in [5.74, 6) is 7.32. The van der Waals surface area contributed by atoms with Gasteiger partial charge in [-0.1, -0.05) is 5.92 Å². The number of hydrogen-bond acceptors (Lipinski definition) is 8. The molecule has 0 saturated heterocycles. The lowest BCUT2D eigenvalue weighted by Gasteiger charge is -2.36. The van der Waals surface area contributed by atoms with Gasteiger partial charge >= 0.3 is 5.97 Å². The molecular weight excluding hydrogens is 472 g/mol. The normalized spacial score (nSPS) is 13.9. The van der Waals surface area contributed by atoms with Gasteiger partial charge in [0.05, 0.1) is 29.2 Å². The van der Waals surface area contributed by atoms with Gasteiger partial charge in [-0.3, -0.25) is 9.78 Å². The van der Waals surface area contributed by atoms with Crippen LogP contribution >= 0.6 is 35.3 Å². The topological polar surface area (TPSA) is 61.3 Å². The van der Waals surface area contributed by atoms with Crippen LogP contribution in [0.3, 0.4) is 0 Å². The highest BCUT2D eigenvalue weighted by Crippen LogP contribution is 2.53. The summed E-state index contributed by atoms with van der Waals surface area (Å²) in [4.78, 5) is 21.5. The largest absolute Gasteiger partial charge is 0.493 e. The van der Waals surface area contributed by atoms with E-state index < -0.39 is 0 Å². The van der Waals surface area contributed by atoms with Crippen LogP contribution in [0.5, 0.6) is 5.75 Å². The van der Waals surface area contributed by atoms with E-state index in [1.54, 1.807) is 24.2 Å². The fraction of sp³-hybridized carbons (Fsp3) is 0.480. The highest BCUT2D eigenvalue weighted by molar-refractivity contribution is 8.16. The lowest BCUT2D eigenvalue weighted by molar-refractivity contribution is -0.143. The minimum Gasteiger partial charge on any atom is -0.493 e. The summed E-state index contributed by atoms with van der Waals surface area (Å²) in [6, 6.07) is 4.31. The van der Waals surface area contributed by atoms with E-state index in [9.17, 15) is 4.79 Å². The number of nitrogens with zero attached hydrogens (tertiary/aromatic N) is 2. The van der Waals surface area contributed by atoms with Crippen LogP contribution in [0, 0.1) is 11.8 Å². The maximum atomic E-state index is 11.4. The summed E-state index contributed by atoms with van der Waals surface area (Å²) in [7, 11) is 0. The number of carbonyl (C=O) groups is 1. The van der Waals surface area contributed by atoms with Crippen LogP contribution in [0.4, 0.5) is 0 Å². The Morgan fingerprint density at radius 3 is 2.64 bits per heavy atom. The van der Waals surface area contributed by atoms with E-state index in [0.29, 0.717) is 18.7 Å². The SMILES string of the molecule is CCOC(=O)CCCCc1cnc(C#Cc2cc3c(cc2SC)OCCC3(SC)SC)cn1. The first kappa shape index (κ1) is 25.8. The second-order valence-electron chi connectivity index (χ2n) is 7.46. The summed E-state index contributed by atoms with van der Waals surface area (Å²) in [5, 5.41) is 0. The Kier molecular flexibility index (Phi) is 9.84. The van der Waals surface area contributed by atoms with Crippen molar-refractivity contribution in [3.05, 3.63) is 47.0 Å². The van der Waals surface area contributed by atoms with Crippen molar-refractivity contribution in [2.24, 2.45) is 0 Å². The third-order valence-electron chi connectivity index (χ3n) is 5.46. The molecule has 0 N–H and O–H groups in total. The number of thioether (sulfide) groups is 3. The van der Waals surface area contributed by atoms with Crippen molar-refractivity contribution in [1.29, 1.82) is 0 Å². The number of carbonyl (C=O) groups excluding carboxylic acids is 1. The van der Waals surface area contributed by atoms with Gasteiger partial charge in [0.15, 0.2) is 0 Å². The van der Waals surface area contributed by atoms with E-state index in [1.807, 2.05) is 30.4 Å². The molecule has 1 aliphatic heterocycles. The fourth-order valence-electron chi connectivity index (χ4n) is 3.67. The van der Waals surface area contributed by atoms with Crippen LogP contribution < -0.4 is 4.74 Å². The van der Waals surface area contributed by atoms with Gasteiger partial charge in [0.1, 0.15) is 11.4 Å². The second-order valence-corrected chi connectivity index (χ2v) is 10.8. The standard InChI is InChI=1S/C25H30N2O3S3/c1-5-29-24(28)9-7-6-8-19-16-27-20(17-26-19)11-10-18-14-21-22(15-23(18)31-2)30-13-12-25(21,32-3)33-4/h14-17H,5-9,12-13H2,1-4H3. The molecule has 2 aromatic rings. The maximum absolute atomic E-state index is 11.4. The highest BCUT2D eigenvalue weighted by atomic mass is 32.2. The van der Waals surface area contributed by atoms with Crippen molar-refractivity contribution in [2.45, 2.75) is 48.0 Å². The minimum absolute atomic E-state index is 0.00428. The van der Waals surface area contributed by atoms with Crippen LogP contribution in [0.15, 0.2) is 29.4 Å². The number of ether oxygens (including phenoxy) is 2. The van der Waals surface area contributed by atoms with Gasteiger partial charge in [0.2, 0.25) is 0 Å². The molecule has 0 unspecified atom stereocenters. The number of unbranched alkanes of at least 4 members (excludes halogenated alkanes) is 1. The average molecular weight is 503 g/mol. The molecule has 0 saturated carbocycles. The predicted octanol–water partition coefficient (Wildman–Crippen LogP) is 5.54. The van der Waals surface area contributed by atoms with Gasteiger partial charge < -0.3 is 9.47 Å².